The molecule has 1 atom stereocenters. The van der Waals surface area contributed by atoms with Crippen LogP contribution in [0.15, 0.2) is 29.3 Å². The van der Waals surface area contributed by atoms with Gasteiger partial charge in [-0.15, -0.1) is 10.2 Å². The molecule has 0 saturated heterocycles. The van der Waals surface area contributed by atoms with Gasteiger partial charge >= 0.3 is 0 Å². The number of amides is 2. The molecule has 2 heterocycles. The minimum Gasteiger partial charge on any atom is -0.345 e. The van der Waals surface area contributed by atoms with Crippen LogP contribution < -0.4 is 5.32 Å². The Morgan fingerprint density at radius 3 is 2.29 bits per heavy atom. The quantitative estimate of drug-likeness (QED) is 0.378. The van der Waals surface area contributed by atoms with E-state index in [9.17, 15) is 9.59 Å². The van der Waals surface area contributed by atoms with Gasteiger partial charge in [-0.3, -0.25) is 14.6 Å². The van der Waals surface area contributed by atoms with Gasteiger partial charge in [0.1, 0.15) is 11.4 Å². The molecule has 2 amide bonds. The SMILES string of the molecule is CC(C)(C)CC[C@H](c1ccc(C(=O)NCc2nn[nH]n2)cc1)N1C(=O)C(C2CCCC2)=NC12CCC(C(C)(C)C)CC2. The smallest absolute Gasteiger partial charge is 0.270 e. The number of carbonyl (C=O) groups excluding carboxylic acids is 2. The summed E-state index contributed by atoms with van der Waals surface area (Å²) in [4.78, 5) is 35.0. The normalized spacial score (nSPS) is 24.3. The van der Waals surface area contributed by atoms with Crippen LogP contribution in [0, 0.1) is 22.7 Å². The number of hydrogen-bond acceptors (Lipinski definition) is 6. The van der Waals surface area contributed by atoms with Crippen molar-refractivity contribution in [2.24, 2.45) is 27.7 Å². The van der Waals surface area contributed by atoms with Crippen molar-refractivity contribution in [3.05, 3.63) is 41.2 Å². The zero-order valence-corrected chi connectivity index (χ0v) is 26.4. The first-order valence-corrected chi connectivity index (χ1v) is 15.9. The highest BCUT2D eigenvalue weighted by Crippen LogP contribution is 2.51. The van der Waals surface area contributed by atoms with Crippen LogP contribution in [0.2, 0.25) is 0 Å². The summed E-state index contributed by atoms with van der Waals surface area (Å²) in [6, 6.07) is 7.71. The van der Waals surface area contributed by atoms with Crippen molar-refractivity contribution < 1.29 is 9.59 Å². The second-order valence-corrected chi connectivity index (χ2v) is 15.0. The Labute approximate surface area is 250 Å². The molecular formula is C33H49N7O2. The summed E-state index contributed by atoms with van der Waals surface area (Å²) in [5, 5.41) is 16.6. The van der Waals surface area contributed by atoms with Crippen molar-refractivity contribution in [1.82, 2.24) is 30.8 Å². The molecule has 2 saturated carbocycles. The Bertz CT molecular complexity index is 1260. The van der Waals surface area contributed by atoms with E-state index in [4.69, 9.17) is 4.99 Å². The molecule has 5 rings (SSSR count). The average Bonchev–Trinajstić information content (AvgIpc) is 3.70. The fraction of sp³-hybridized carbons (Fsp3) is 0.697. The minimum atomic E-state index is -0.472. The van der Waals surface area contributed by atoms with Gasteiger partial charge in [0.05, 0.1) is 12.6 Å². The highest BCUT2D eigenvalue weighted by atomic mass is 16.2. The van der Waals surface area contributed by atoms with E-state index in [1.807, 2.05) is 24.3 Å². The first kappa shape index (κ1) is 30.4. The molecule has 2 N–H and O–H groups in total. The number of H-pyrrole nitrogens is 1. The highest BCUT2D eigenvalue weighted by Gasteiger charge is 2.53. The molecule has 1 aliphatic heterocycles. The highest BCUT2D eigenvalue weighted by molar-refractivity contribution is 6.41. The van der Waals surface area contributed by atoms with Gasteiger partial charge in [-0.25, -0.2) is 0 Å². The molecule has 0 radical (unpaired) electrons. The maximum atomic E-state index is 14.5. The van der Waals surface area contributed by atoms with Gasteiger partial charge in [0.25, 0.3) is 11.8 Å². The van der Waals surface area contributed by atoms with Gasteiger partial charge in [0.2, 0.25) is 0 Å². The Balaban J connectivity index is 1.44. The van der Waals surface area contributed by atoms with E-state index in [2.05, 4.69) is 72.4 Å². The molecule has 1 spiro atoms. The lowest BCUT2D eigenvalue weighted by molar-refractivity contribution is -0.134. The number of carbonyl (C=O) groups is 2. The summed E-state index contributed by atoms with van der Waals surface area (Å²) in [5.41, 5.74) is 2.37. The number of aromatic amines is 1. The second-order valence-electron chi connectivity index (χ2n) is 15.0. The zero-order chi connectivity index (χ0) is 30.1. The molecule has 42 heavy (non-hydrogen) atoms. The largest absolute Gasteiger partial charge is 0.345 e. The van der Waals surface area contributed by atoms with Crippen LogP contribution in [-0.4, -0.2) is 48.7 Å². The van der Waals surface area contributed by atoms with Crippen LogP contribution in [-0.2, 0) is 11.3 Å². The van der Waals surface area contributed by atoms with Crippen molar-refractivity contribution in [2.75, 3.05) is 0 Å². The van der Waals surface area contributed by atoms with E-state index in [1.54, 1.807) is 0 Å². The number of aliphatic imine (C=N–C) groups is 1. The van der Waals surface area contributed by atoms with Crippen LogP contribution in [0.1, 0.15) is 134 Å². The summed E-state index contributed by atoms with van der Waals surface area (Å²) >= 11 is 0. The van der Waals surface area contributed by atoms with Crippen LogP contribution in [0.25, 0.3) is 0 Å². The summed E-state index contributed by atoms with van der Waals surface area (Å²) in [6.07, 6.45) is 10.3. The van der Waals surface area contributed by atoms with E-state index in [1.165, 1.54) is 12.8 Å². The van der Waals surface area contributed by atoms with Gasteiger partial charge in [-0.1, -0.05) is 71.7 Å². The maximum absolute atomic E-state index is 14.5. The molecule has 1 aromatic carbocycles. The van der Waals surface area contributed by atoms with E-state index in [0.717, 1.165) is 62.6 Å². The third-order valence-corrected chi connectivity index (χ3v) is 9.80. The number of nitrogens with one attached hydrogen (secondary N) is 2. The van der Waals surface area contributed by atoms with Gasteiger partial charge in [0, 0.05) is 11.5 Å². The first-order valence-electron chi connectivity index (χ1n) is 15.9. The van der Waals surface area contributed by atoms with Crippen molar-refractivity contribution in [3.8, 4) is 0 Å². The van der Waals surface area contributed by atoms with Gasteiger partial charge in [0.15, 0.2) is 5.82 Å². The molecule has 2 fully saturated rings. The van der Waals surface area contributed by atoms with E-state index < -0.39 is 5.66 Å². The Kier molecular flexibility index (Phi) is 8.59. The number of tetrazole rings is 1. The number of aromatic nitrogens is 4. The van der Waals surface area contributed by atoms with Crippen molar-refractivity contribution in [2.45, 2.75) is 124 Å². The number of benzene rings is 1. The lowest BCUT2D eigenvalue weighted by Crippen LogP contribution is -2.51. The van der Waals surface area contributed by atoms with E-state index in [0.29, 0.717) is 17.3 Å². The Hall–Kier alpha value is -3.10. The summed E-state index contributed by atoms with van der Waals surface area (Å²) in [6.45, 7) is 14.0. The number of rotatable bonds is 8. The number of nitrogens with zero attached hydrogens (tertiary/aromatic N) is 5. The van der Waals surface area contributed by atoms with Gasteiger partial charge < -0.3 is 10.2 Å². The maximum Gasteiger partial charge on any atom is 0.270 e. The Morgan fingerprint density at radius 2 is 1.71 bits per heavy atom. The molecular weight excluding hydrogens is 526 g/mol. The third kappa shape index (κ3) is 6.60. The van der Waals surface area contributed by atoms with Crippen LogP contribution in [0.4, 0.5) is 0 Å². The predicted molar refractivity (Wildman–Crippen MR) is 164 cm³/mol. The van der Waals surface area contributed by atoms with Crippen LogP contribution in [0.5, 0.6) is 0 Å². The van der Waals surface area contributed by atoms with Crippen molar-refractivity contribution in [1.29, 1.82) is 0 Å². The fourth-order valence-corrected chi connectivity index (χ4v) is 7.22. The molecule has 9 nitrogen and oxygen atoms in total. The lowest BCUT2D eigenvalue weighted by Gasteiger charge is -2.48. The Morgan fingerprint density at radius 1 is 1.05 bits per heavy atom. The fourth-order valence-electron chi connectivity index (χ4n) is 7.22. The molecule has 2 aliphatic carbocycles. The molecule has 2 aromatic rings. The van der Waals surface area contributed by atoms with Crippen molar-refractivity contribution >= 4 is 17.5 Å². The van der Waals surface area contributed by atoms with E-state index >= 15 is 0 Å². The topological polar surface area (TPSA) is 116 Å². The zero-order valence-electron chi connectivity index (χ0n) is 26.4. The lowest BCUT2D eigenvalue weighted by atomic mass is 9.69. The summed E-state index contributed by atoms with van der Waals surface area (Å²) in [7, 11) is 0. The molecule has 9 heteroatoms. The van der Waals surface area contributed by atoms with Gasteiger partial charge in [-0.05, 0) is 85.8 Å². The second kappa shape index (κ2) is 11.9. The standard InChI is InChI=1S/C33H49N7O2/c1-31(2,3)18-17-26(22-11-13-24(14-12-22)29(41)34-21-27-36-38-39-37-27)40-30(42)28(23-9-7-8-10-23)35-33(40)19-15-25(16-20-33)32(4,5)6/h11-14,23,25-26H,7-10,15-21H2,1-6H3,(H,34,41)(H,36,37,38,39)/t25?,26-,33?/m1/s1. The molecule has 228 valence electrons. The van der Waals surface area contributed by atoms with Crippen LogP contribution in [0.3, 0.4) is 0 Å². The van der Waals surface area contributed by atoms with Crippen LogP contribution >= 0.6 is 0 Å². The third-order valence-electron chi connectivity index (χ3n) is 9.80. The first-order chi connectivity index (χ1) is 19.9. The average molecular weight is 576 g/mol. The molecule has 3 aliphatic rings. The number of hydrogen-bond donors (Lipinski definition) is 2. The summed E-state index contributed by atoms with van der Waals surface area (Å²) < 4.78 is 0. The molecule has 1 aromatic heterocycles. The monoisotopic (exact) mass is 575 g/mol. The van der Waals surface area contributed by atoms with Crippen molar-refractivity contribution in [3.63, 3.8) is 0 Å². The summed E-state index contributed by atoms with van der Waals surface area (Å²) in [5.74, 6) is 1.30. The minimum absolute atomic E-state index is 0.0954. The molecule has 0 unspecified atom stereocenters. The predicted octanol–water partition coefficient (Wildman–Crippen LogP) is 6.40. The van der Waals surface area contributed by atoms with Gasteiger partial charge in [-0.2, -0.15) is 5.21 Å². The molecule has 0 bridgehead atoms. The van der Waals surface area contributed by atoms with E-state index in [-0.39, 0.29) is 41.1 Å².